The van der Waals surface area contributed by atoms with Crippen LogP contribution in [0.1, 0.15) is 70.3 Å². The summed E-state index contributed by atoms with van der Waals surface area (Å²) in [5.74, 6) is 1.79. The molecule has 0 radical (unpaired) electrons. The number of benzene rings is 2. The number of carbonyl (C=O) groups excluding carboxylic acids is 2. The lowest BCUT2D eigenvalue weighted by Crippen LogP contribution is -2.59. The van der Waals surface area contributed by atoms with Crippen molar-refractivity contribution in [2.24, 2.45) is 0 Å². The van der Waals surface area contributed by atoms with E-state index in [2.05, 4.69) is 6.92 Å². The van der Waals surface area contributed by atoms with E-state index >= 15 is 0 Å². The molecule has 214 valence electrons. The largest absolute Gasteiger partial charge is 0.493 e. The van der Waals surface area contributed by atoms with Gasteiger partial charge in [0.25, 0.3) is 0 Å². The molecule has 2 aromatic rings. The first-order valence-electron chi connectivity index (χ1n) is 14.4. The van der Waals surface area contributed by atoms with E-state index in [0.717, 1.165) is 29.5 Å². The van der Waals surface area contributed by atoms with Crippen LogP contribution in [0.2, 0.25) is 0 Å². The summed E-state index contributed by atoms with van der Waals surface area (Å²) < 4.78 is 16.4. The third-order valence-corrected chi connectivity index (χ3v) is 7.70. The molecule has 0 spiro atoms. The summed E-state index contributed by atoms with van der Waals surface area (Å²) in [4.78, 5) is 29.4. The Morgan fingerprint density at radius 1 is 0.769 bits per heavy atom. The summed E-state index contributed by atoms with van der Waals surface area (Å²) in [6.45, 7) is 3.08. The minimum absolute atomic E-state index is 0.00423. The maximum atomic E-state index is 13.3. The van der Waals surface area contributed by atoms with Crippen LogP contribution >= 0.6 is 0 Å². The standard InChI is InChI=1S/C32H46N2O5/c1-6-7-8-9-10-11-12-13-14-19-34-23-30(35)33(2)27(32(34)36)20-24-15-17-25(18-16-24)26-21-28(37-3)31(39-5)29(22-26)38-4/h15-18,21-22,27H,6-14,19-20,23H2,1-5H3. The van der Waals surface area contributed by atoms with Crippen molar-refractivity contribution in [1.82, 2.24) is 9.80 Å². The molecule has 1 aliphatic rings. The Kier molecular flexibility index (Phi) is 12.0. The number of ether oxygens (including phenoxy) is 3. The van der Waals surface area contributed by atoms with Crippen LogP contribution in [0.25, 0.3) is 11.1 Å². The van der Waals surface area contributed by atoms with Gasteiger partial charge < -0.3 is 24.0 Å². The third kappa shape index (κ3) is 8.13. The van der Waals surface area contributed by atoms with Crippen molar-refractivity contribution in [2.75, 3.05) is 41.5 Å². The lowest BCUT2D eigenvalue weighted by molar-refractivity contribution is -0.154. The highest BCUT2D eigenvalue weighted by Crippen LogP contribution is 2.41. The van der Waals surface area contributed by atoms with Gasteiger partial charge in [-0.1, -0.05) is 82.6 Å². The number of hydrogen-bond acceptors (Lipinski definition) is 5. The van der Waals surface area contributed by atoms with Crippen molar-refractivity contribution < 1.29 is 23.8 Å². The van der Waals surface area contributed by atoms with Gasteiger partial charge in [0.15, 0.2) is 11.5 Å². The van der Waals surface area contributed by atoms with E-state index in [9.17, 15) is 9.59 Å². The molecule has 1 aliphatic heterocycles. The molecule has 1 saturated heterocycles. The third-order valence-electron chi connectivity index (χ3n) is 7.70. The molecular weight excluding hydrogens is 492 g/mol. The molecule has 0 aromatic heterocycles. The molecule has 39 heavy (non-hydrogen) atoms. The molecule has 1 heterocycles. The molecule has 7 heteroatoms. The van der Waals surface area contributed by atoms with Crippen LogP contribution in [-0.4, -0.2) is 69.1 Å². The average Bonchev–Trinajstić information content (AvgIpc) is 2.96. The fourth-order valence-electron chi connectivity index (χ4n) is 5.23. The predicted octanol–water partition coefficient (Wildman–Crippen LogP) is 6.12. The maximum absolute atomic E-state index is 13.3. The van der Waals surface area contributed by atoms with Gasteiger partial charge in [-0.25, -0.2) is 0 Å². The Labute approximate surface area is 234 Å². The molecule has 0 bridgehead atoms. The van der Waals surface area contributed by atoms with Gasteiger partial charge in [-0.05, 0) is 35.2 Å². The Morgan fingerprint density at radius 2 is 1.33 bits per heavy atom. The van der Waals surface area contributed by atoms with Crippen LogP contribution in [-0.2, 0) is 16.0 Å². The van der Waals surface area contributed by atoms with Crippen molar-refractivity contribution in [3.63, 3.8) is 0 Å². The minimum atomic E-state index is -0.475. The highest BCUT2D eigenvalue weighted by atomic mass is 16.5. The number of rotatable bonds is 16. The van der Waals surface area contributed by atoms with E-state index in [1.54, 1.807) is 38.2 Å². The first-order chi connectivity index (χ1) is 18.9. The van der Waals surface area contributed by atoms with Gasteiger partial charge >= 0.3 is 0 Å². The predicted molar refractivity (Wildman–Crippen MR) is 156 cm³/mol. The molecule has 2 aromatic carbocycles. The highest BCUT2D eigenvalue weighted by Gasteiger charge is 2.36. The van der Waals surface area contributed by atoms with Gasteiger partial charge in [-0.2, -0.15) is 0 Å². The Balaban J connectivity index is 1.58. The zero-order valence-electron chi connectivity index (χ0n) is 24.5. The number of piperazine rings is 1. The van der Waals surface area contributed by atoms with Gasteiger partial charge in [0.2, 0.25) is 17.6 Å². The molecule has 2 amide bonds. The fourth-order valence-corrected chi connectivity index (χ4v) is 5.23. The van der Waals surface area contributed by atoms with Gasteiger partial charge in [-0.3, -0.25) is 9.59 Å². The van der Waals surface area contributed by atoms with Crippen LogP contribution in [0.3, 0.4) is 0 Å². The summed E-state index contributed by atoms with van der Waals surface area (Å²) in [5, 5.41) is 0. The van der Waals surface area contributed by atoms with Gasteiger partial charge in [0.05, 0.1) is 27.9 Å². The summed E-state index contributed by atoms with van der Waals surface area (Å²) in [6.07, 6.45) is 11.6. The molecular formula is C32H46N2O5. The molecule has 0 N–H and O–H groups in total. The number of unbranched alkanes of at least 4 members (excludes halogenated alkanes) is 8. The summed E-state index contributed by atoms with van der Waals surface area (Å²) in [5.41, 5.74) is 2.93. The number of likely N-dealkylation sites (N-methyl/N-ethyl adjacent to an activating group) is 1. The first-order valence-corrected chi connectivity index (χ1v) is 14.4. The molecule has 7 nitrogen and oxygen atoms in total. The van der Waals surface area contributed by atoms with E-state index in [-0.39, 0.29) is 18.4 Å². The van der Waals surface area contributed by atoms with E-state index in [4.69, 9.17) is 14.2 Å². The molecule has 0 saturated carbocycles. The molecule has 1 unspecified atom stereocenters. The van der Waals surface area contributed by atoms with Crippen LogP contribution in [0.4, 0.5) is 0 Å². The second kappa shape index (κ2) is 15.4. The van der Waals surface area contributed by atoms with Gasteiger partial charge in [-0.15, -0.1) is 0 Å². The number of nitrogens with zero attached hydrogens (tertiary/aromatic N) is 2. The average molecular weight is 539 g/mol. The normalized spacial score (nSPS) is 15.6. The van der Waals surface area contributed by atoms with Crippen LogP contribution in [0.5, 0.6) is 17.2 Å². The van der Waals surface area contributed by atoms with Gasteiger partial charge in [0, 0.05) is 20.0 Å². The molecule has 1 fully saturated rings. The zero-order chi connectivity index (χ0) is 28.2. The Hall–Kier alpha value is -3.22. The monoisotopic (exact) mass is 538 g/mol. The van der Waals surface area contributed by atoms with Crippen LogP contribution in [0, 0.1) is 0 Å². The number of hydrogen-bond donors (Lipinski definition) is 0. The van der Waals surface area contributed by atoms with Crippen molar-refractivity contribution >= 4 is 11.8 Å². The second-order valence-corrected chi connectivity index (χ2v) is 10.4. The van der Waals surface area contributed by atoms with E-state index < -0.39 is 6.04 Å². The van der Waals surface area contributed by atoms with Crippen LogP contribution in [0.15, 0.2) is 36.4 Å². The molecule has 1 atom stereocenters. The highest BCUT2D eigenvalue weighted by molar-refractivity contribution is 5.95. The minimum Gasteiger partial charge on any atom is -0.493 e. The zero-order valence-corrected chi connectivity index (χ0v) is 24.5. The Bertz CT molecular complexity index is 1040. The number of amides is 2. The van der Waals surface area contributed by atoms with E-state index in [1.807, 2.05) is 36.4 Å². The lowest BCUT2D eigenvalue weighted by Gasteiger charge is -2.38. The fraction of sp³-hybridized carbons (Fsp3) is 0.562. The summed E-state index contributed by atoms with van der Waals surface area (Å²) in [7, 11) is 6.52. The summed E-state index contributed by atoms with van der Waals surface area (Å²) in [6, 6.07) is 11.4. The number of methoxy groups -OCH3 is 3. The quantitative estimate of drug-likeness (QED) is 0.241. The van der Waals surface area contributed by atoms with Crippen molar-refractivity contribution in [2.45, 2.75) is 77.2 Å². The van der Waals surface area contributed by atoms with Crippen molar-refractivity contribution in [1.29, 1.82) is 0 Å². The topological polar surface area (TPSA) is 68.3 Å². The SMILES string of the molecule is CCCCCCCCCCCN1CC(=O)N(C)C(Cc2ccc(-c3cc(OC)c(OC)c(OC)c3)cc2)C1=O. The molecule has 3 rings (SSSR count). The molecule has 0 aliphatic carbocycles. The van der Waals surface area contributed by atoms with Crippen LogP contribution < -0.4 is 14.2 Å². The van der Waals surface area contributed by atoms with E-state index in [0.29, 0.717) is 30.2 Å². The smallest absolute Gasteiger partial charge is 0.246 e. The Morgan fingerprint density at radius 3 is 1.87 bits per heavy atom. The van der Waals surface area contributed by atoms with Crippen molar-refractivity contribution in [3.8, 4) is 28.4 Å². The van der Waals surface area contributed by atoms with Gasteiger partial charge in [0.1, 0.15) is 6.04 Å². The second-order valence-electron chi connectivity index (χ2n) is 10.4. The van der Waals surface area contributed by atoms with E-state index in [1.165, 1.54) is 44.9 Å². The maximum Gasteiger partial charge on any atom is 0.246 e. The number of carbonyl (C=O) groups is 2. The first kappa shape index (κ1) is 30.3. The lowest BCUT2D eigenvalue weighted by atomic mass is 9.98. The summed E-state index contributed by atoms with van der Waals surface area (Å²) >= 11 is 0. The van der Waals surface area contributed by atoms with Crippen molar-refractivity contribution in [3.05, 3.63) is 42.0 Å².